The predicted octanol–water partition coefficient (Wildman–Crippen LogP) is 4.57. The topological polar surface area (TPSA) is 59.1 Å². The van der Waals surface area contributed by atoms with Crippen LogP contribution in [-0.4, -0.2) is 13.4 Å². The number of nitrogens with zero attached hydrogens (tertiary/aromatic N) is 1. The van der Waals surface area contributed by atoms with Crippen LogP contribution < -0.4 is 4.72 Å². The number of rotatable bonds is 3. The highest BCUT2D eigenvalue weighted by atomic mass is 79.9. The summed E-state index contributed by atoms with van der Waals surface area (Å²) in [5.41, 5.74) is 1.35. The van der Waals surface area contributed by atoms with Crippen LogP contribution in [0.1, 0.15) is 11.1 Å². The van der Waals surface area contributed by atoms with E-state index in [4.69, 9.17) is 23.2 Å². The van der Waals surface area contributed by atoms with Crippen molar-refractivity contribution in [3.63, 3.8) is 0 Å². The van der Waals surface area contributed by atoms with Crippen molar-refractivity contribution in [3.8, 4) is 0 Å². The van der Waals surface area contributed by atoms with Crippen molar-refractivity contribution in [2.45, 2.75) is 18.7 Å². The van der Waals surface area contributed by atoms with E-state index in [-0.39, 0.29) is 9.92 Å². The maximum absolute atomic E-state index is 12.5. The van der Waals surface area contributed by atoms with Gasteiger partial charge in [0.15, 0.2) is 0 Å². The molecule has 0 aliphatic heterocycles. The lowest BCUT2D eigenvalue weighted by Gasteiger charge is -2.14. The van der Waals surface area contributed by atoms with Gasteiger partial charge in [-0.1, -0.05) is 23.2 Å². The van der Waals surface area contributed by atoms with Gasteiger partial charge in [0.05, 0.1) is 16.9 Å². The number of nitrogens with one attached hydrogen (secondary N) is 1. The molecule has 0 amide bonds. The molecule has 4 nitrogen and oxygen atoms in total. The van der Waals surface area contributed by atoms with Gasteiger partial charge in [0.2, 0.25) is 0 Å². The molecule has 1 aromatic heterocycles. The quantitative estimate of drug-likeness (QED) is 0.755. The van der Waals surface area contributed by atoms with Crippen molar-refractivity contribution in [1.29, 1.82) is 0 Å². The second kappa shape index (κ2) is 6.12. The molecule has 0 saturated heterocycles. The standard InChI is InChI=1S/C13H11BrCl2N2O2S/c1-7-5-10(15)8(2)13(12(7)16)21(19,20)18-9-3-4-11(14)17-6-9/h3-6,18H,1-2H3. The van der Waals surface area contributed by atoms with Crippen LogP contribution in [0.25, 0.3) is 0 Å². The van der Waals surface area contributed by atoms with Gasteiger partial charge in [0, 0.05) is 5.02 Å². The van der Waals surface area contributed by atoms with Crippen LogP contribution in [-0.2, 0) is 10.0 Å². The van der Waals surface area contributed by atoms with Crippen molar-refractivity contribution >= 4 is 54.8 Å². The number of anilines is 1. The molecule has 21 heavy (non-hydrogen) atoms. The summed E-state index contributed by atoms with van der Waals surface area (Å²) in [6.07, 6.45) is 1.41. The second-order valence-electron chi connectivity index (χ2n) is 4.42. The first-order valence-corrected chi connectivity index (χ1v) is 8.85. The second-order valence-corrected chi connectivity index (χ2v) is 7.64. The summed E-state index contributed by atoms with van der Waals surface area (Å²) in [6, 6.07) is 4.87. The molecular weight excluding hydrogens is 399 g/mol. The molecule has 0 aliphatic carbocycles. The number of aryl methyl sites for hydroxylation is 1. The van der Waals surface area contributed by atoms with Gasteiger partial charge in [-0.2, -0.15) is 0 Å². The average Bonchev–Trinajstić information content (AvgIpc) is 2.39. The maximum atomic E-state index is 12.5. The molecule has 0 aliphatic rings. The Bertz CT molecular complexity index is 767. The fraction of sp³-hybridized carbons (Fsp3) is 0.154. The van der Waals surface area contributed by atoms with Crippen LogP contribution in [0.15, 0.2) is 33.9 Å². The van der Waals surface area contributed by atoms with E-state index in [0.717, 1.165) is 0 Å². The minimum atomic E-state index is -3.85. The molecule has 2 aromatic rings. The maximum Gasteiger partial charge on any atom is 0.263 e. The normalized spacial score (nSPS) is 11.5. The monoisotopic (exact) mass is 408 g/mol. The van der Waals surface area contributed by atoms with Crippen LogP contribution in [0.5, 0.6) is 0 Å². The lowest BCUT2D eigenvalue weighted by Crippen LogP contribution is -2.15. The number of halogens is 3. The third-order valence-corrected chi connectivity index (χ3v) is 5.85. The first-order valence-electron chi connectivity index (χ1n) is 5.82. The van der Waals surface area contributed by atoms with Crippen LogP contribution in [0.3, 0.4) is 0 Å². The summed E-state index contributed by atoms with van der Waals surface area (Å²) in [5.74, 6) is 0. The van der Waals surface area contributed by atoms with E-state index >= 15 is 0 Å². The van der Waals surface area contributed by atoms with E-state index in [2.05, 4.69) is 25.6 Å². The number of pyridine rings is 1. The molecule has 1 heterocycles. The molecule has 112 valence electrons. The smallest absolute Gasteiger partial charge is 0.263 e. The van der Waals surface area contributed by atoms with Crippen LogP contribution >= 0.6 is 39.1 Å². The highest BCUT2D eigenvalue weighted by molar-refractivity contribution is 9.10. The van der Waals surface area contributed by atoms with E-state index in [1.165, 1.54) is 6.20 Å². The minimum Gasteiger partial charge on any atom is -0.278 e. The lowest BCUT2D eigenvalue weighted by atomic mass is 10.2. The zero-order chi connectivity index (χ0) is 15.8. The van der Waals surface area contributed by atoms with Crippen LogP contribution in [0.2, 0.25) is 10.0 Å². The van der Waals surface area contributed by atoms with Gasteiger partial charge in [0.25, 0.3) is 10.0 Å². The molecule has 0 saturated carbocycles. The van der Waals surface area contributed by atoms with Crippen molar-refractivity contribution in [2.75, 3.05) is 4.72 Å². The Balaban J connectivity index is 2.52. The third kappa shape index (κ3) is 3.51. The van der Waals surface area contributed by atoms with E-state index in [0.29, 0.717) is 26.4 Å². The zero-order valence-corrected chi connectivity index (χ0v) is 15.0. The molecule has 8 heteroatoms. The average molecular weight is 410 g/mol. The summed E-state index contributed by atoms with van der Waals surface area (Å²) in [5, 5.41) is 0.515. The molecule has 0 bridgehead atoms. The summed E-state index contributed by atoms with van der Waals surface area (Å²) < 4.78 is 28.1. The Hall–Kier alpha value is -0.820. The minimum absolute atomic E-state index is 0.0166. The summed E-state index contributed by atoms with van der Waals surface area (Å²) in [4.78, 5) is 3.95. The SMILES string of the molecule is Cc1cc(Cl)c(C)c(S(=O)(=O)Nc2ccc(Br)nc2)c1Cl. The zero-order valence-electron chi connectivity index (χ0n) is 11.1. The van der Waals surface area contributed by atoms with Crippen LogP contribution in [0.4, 0.5) is 5.69 Å². The van der Waals surface area contributed by atoms with Crippen molar-refractivity contribution in [3.05, 3.63) is 50.2 Å². The molecule has 0 unspecified atom stereocenters. The van der Waals surface area contributed by atoms with Gasteiger partial charge in [-0.05, 0) is 59.1 Å². The van der Waals surface area contributed by atoms with Crippen molar-refractivity contribution < 1.29 is 8.42 Å². The van der Waals surface area contributed by atoms with Gasteiger partial charge in [0.1, 0.15) is 9.50 Å². The van der Waals surface area contributed by atoms with Crippen molar-refractivity contribution in [1.82, 2.24) is 4.98 Å². The fourth-order valence-electron chi connectivity index (χ4n) is 1.78. The number of aromatic nitrogens is 1. The Morgan fingerprint density at radius 2 is 1.90 bits per heavy atom. The molecule has 2 rings (SSSR count). The molecule has 0 fully saturated rings. The largest absolute Gasteiger partial charge is 0.278 e. The first kappa shape index (κ1) is 16.5. The van der Waals surface area contributed by atoms with Gasteiger partial charge < -0.3 is 0 Å². The first-order chi connectivity index (χ1) is 9.72. The molecule has 0 atom stereocenters. The number of hydrogen-bond acceptors (Lipinski definition) is 3. The number of benzene rings is 1. The summed E-state index contributed by atoms with van der Waals surface area (Å²) in [6.45, 7) is 3.32. The lowest BCUT2D eigenvalue weighted by molar-refractivity contribution is 0.600. The van der Waals surface area contributed by atoms with Crippen molar-refractivity contribution in [2.24, 2.45) is 0 Å². The molecule has 1 aromatic carbocycles. The Morgan fingerprint density at radius 1 is 1.24 bits per heavy atom. The molecular formula is C13H11BrCl2N2O2S. The molecule has 0 radical (unpaired) electrons. The Labute approximate surface area is 141 Å². The number of hydrogen-bond donors (Lipinski definition) is 1. The third-order valence-electron chi connectivity index (χ3n) is 2.84. The highest BCUT2D eigenvalue weighted by Gasteiger charge is 2.24. The van der Waals surface area contributed by atoms with Gasteiger partial charge in [-0.15, -0.1) is 0 Å². The van der Waals surface area contributed by atoms with E-state index in [1.807, 2.05) is 0 Å². The van der Waals surface area contributed by atoms with Gasteiger partial charge >= 0.3 is 0 Å². The fourth-order valence-corrected chi connectivity index (χ4v) is 4.27. The molecule has 0 spiro atoms. The number of sulfonamides is 1. The summed E-state index contributed by atoms with van der Waals surface area (Å²) in [7, 11) is -3.85. The summed E-state index contributed by atoms with van der Waals surface area (Å²) >= 11 is 15.4. The molecule has 1 N–H and O–H groups in total. The highest BCUT2D eigenvalue weighted by Crippen LogP contribution is 2.34. The van der Waals surface area contributed by atoms with E-state index in [9.17, 15) is 8.42 Å². The van der Waals surface area contributed by atoms with Crippen LogP contribution in [0, 0.1) is 13.8 Å². The predicted molar refractivity (Wildman–Crippen MR) is 88.7 cm³/mol. The van der Waals surface area contributed by atoms with Gasteiger partial charge in [-0.25, -0.2) is 13.4 Å². The Kier molecular flexibility index (Phi) is 4.82. The van der Waals surface area contributed by atoms with E-state index in [1.54, 1.807) is 32.0 Å². The Morgan fingerprint density at radius 3 is 2.48 bits per heavy atom. The van der Waals surface area contributed by atoms with Gasteiger partial charge in [-0.3, -0.25) is 4.72 Å². The van der Waals surface area contributed by atoms with E-state index < -0.39 is 10.0 Å².